The number of para-hydroxylation sites is 2. The van der Waals surface area contributed by atoms with Crippen LogP contribution in [0.4, 0.5) is 0 Å². The minimum atomic E-state index is 0.330. The van der Waals surface area contributed by atoms with E-state index in [0.717, 1.165) is 86.0 Å². The Kier molecular flexibility index (Phi) is 7.61. The fourth-order valence-electron chi connectivity index (χ4n) is 8.12. The molecule has 0 bridgehead atoms. The number of nitrogens with zero attached hydrogens (tertiary/aromatic N) is 3. The van der Waals surface area contributed by atoms with Crippen LogP contribution in [-0.2, 0) is 0 Å². The van der Waals surface area contributed by atoms with Gasteiger partial charge in [0.15, 0.2) is 5.84 Å². The van der Waals surface area contributed by atoms with Crippen molar-refractivity contribution in [1.29, 1.82) is 0 Å². The third kappa shape index (κ3) is 5.46. The van der Waals surface area contributed by atoms with Gasteiger partial charge >= 0.3 is 0 Å². The SMILES string of the molecule is CC1=C(c2ccccc2)N=C(c2ccccc2)N=C(n2c3cc(-c4cccc5c4oc4ccccc45)ccc3c3ccc(C4C=CC=CC4)cc32)CC1. The summed E-state index contributed by atoms with van der Waals surface area (Å²) in [5, 5.41) is 4.68. The van der Waals surface area contributed by atoms with Crippen molar-refractivity contribution in [3.05, 3.63) is 186 Å². The van der Waals surface area contributed by atoms with E-state index < -0.39 is 0 Å². The first-order valence-corrected chi connectivity index (χ1v) is 18.5. The summed E-state index contributed by atoms with van der Waals surface area (Å²) in [7, 11) is 0. The Balaban J connectivity index is 1.23. The largest absolute Gasteiger partial charge is 0.455 e. The quantitative estimate of drug-likeness (QED) is 0.182. The van der Waals surface area contributed by atoms with Gasteiger partial charge in [0.25, 0.3) is 0 Å². The second-order valence-electron chi connectivity index (χ2n) is 14.1. The number of allylic oxidation sites excluding steroid dienone is 5. The van der Waals surface area contributed by atoms with E-state index in [0.29, 0.717) is 11.8 Å². The van der Waals surface area contributed by atoms with Crippen LogP contribution in [0.5, 0.6) is 0 Å². The molecule has 254 valence electrons. The summed E-state index contributed by atoms with van der Waals surface area (Å²) in [6.45, 7) is 2.22. The molecule has 4 heteroatoms. The zero-order valence-corrected chi connectivity index (χ0v) is 29.5. The van der Waals surface area contributed by atoms with Crippen LogP contribution < -0.4 is 0 Å². The molecule has 2 aromatic heterocycles. The number of benzene rings is 6. The van der Waals surface area contributed by atoms with Crippen molar-refractivity contribution in [3.63, 3.8) is 0 Å². The summed E-state index contributed by atoms with van der Waals surface area (Å²) in [5.74, 6) is 2.03. The molecule has 1 unspecified atom stereocenters. The van der Waals surface area contributed by atoms with Crippen molar-refractivity contribution in [2.75, 3.05) is 0 Å². The molecule has 3 heterocycles. The van der Waals surface area contributed by atoms with Crippen LogP contribution in [0, 0.1) is 0 Å². The summed E-state index contributed by atoms with van der Waals surface area (Å²) in [6.07, 6.45) is 11.5. The minimum absolute atomic E-state index is 0.330. The van der Waals surface area contributed by atoms with Gasteiger partial charge in [0, 0.05) is 50.6 Å². The highest BCUT2D eigenvalue weighted by molar-refractivity contribution is 6.19. The number of amidine groups is 1. The number of fused-ring (bicyclic) bond motifs is 6. The number of hydrogen-bond donors (Lipinski definition) is 0. The maximum atomic E-state index is 6.53. The van der Waals surface area contributed by atoms with Crippen LogP contribution >= 0.6 is 0 Å². The summed E-state index contributed by atoms with van der Waals surface area (Å²) < 4.78 is 8.94. The molecule has 6 aromatic carbocycles. The van der Waals surface area contributed by atoms with Gasteiger partial charge in [-0.1, -0.05) is 146 Å². The molecule has 2 aliphatic rings. The topological polar surface area (TPSA) is 42.8 Å². The zero-order chi connectivity index (χ0) is 35.3. The van der Waals surface area contributed by atoms with E-state index in [9.17, 15) is 0 Å². The van der Waals surface area contributed by atoms with Crippen molar-refractivity contribution in [2.45, 2.75) is 32.1 Å². The highest BCUT2D eigenvalue weighted by Gasteiger charge is 2.22. The highest BCUT2D eigenvalue weighted by Crippen LogP contribution is 2.40. The van der Waals surface area contributed by atoms with Gasteiger partial charge in [0.1, 0.15) is 17.0 Å². The lowest BCUT2D eigenvalue weighted by atomic mass is 9.92. The van der Waals surface area contributed by atoms with Crippen LogP contribution in [0.3, 0.4) is 0 Å². The van der Waals surface area contributed by atoms with Crippen molar-refractivity contribution in [1.82, 2.24) is 4.57 Å². The Hall–Kier alpha value is -6.52. The smallest absolute Gasteiger partial charge is 0.161 e. The maximum Gasteiger partial charge on any atom is 0.161 e. The molecule has 1 aliphatic heterocycles. The average molecular weight is 684 g/mol. The highest BCUT2D eigenvalue weighted by atomic mass is 16.3. The van der Waals surface area contributed by atoms with Gasteiger partial charge in [0.05, 0.1) is 16.7 Å². The number of aliphatic imine (C=N–C) groups is 2. The van der Waals surface area contributed by atoms with Gasteiger partial charge in [-0.15, -0.1) is 0 Å². The van der Waals surface area contributed by atoms with E-state index in [1.54, 1.807) is 0 Å². The van der Waals surface area contributed by atoms with Crippen LogP contribution in [-0.4, -0.2) is 16.2 Å². The predicted octanol–water partition coefficient (Wildman–Crippen LogP) is 12.9. The van der Waals surface area contributed by atoms with Crippen molar-refractivity contribution in [3.8, 4) is 11.1 Å². The molecule has 0 N–H and O–H groups in total. The first-order chi connectivity index (χ1) is 26.2. The van der Waals surface area contributed by atoms with Crippen LogP contribution in [0.1, 0.15) is 48.8 Å². The molecule has 0 radical (unpaired) electrons. The summed E-state index contributed by atoms with van der Waals surface area (Å²) in [5.41, 5.74) is 11.9. The molecule has 0 saturated carbocycles. The Morgan fingerprint density at radius 1 is 0.604 bits per heavy atom. The number of hydrogen-bond acceptors (Lipinski definition) is 3. The minimum Gasteiger partial charge on any atom is -0.455 e. The second kappa shape index (κ2) is 12.9. The Morgan fingerprint density at radius 2 is 1.34 bits per heavy atom. The van der Waals surface area contributed by atoms with Crippen molar-refractivity contribution >= 4 is 61.1 Å². The van der Waals surface area contributed by atoms with Crippen LogP contribution in [0.2, 0.25) is 0 Å². The van der Waals surface area contributed by atoms with E-state index in [1.807, 2.05) is 18.2 Å². The third-order valence-electron chi connectivity index (χ3n) is 10.8. The Morgan fingerprint density at radius 3 is 2.15 bits per heavy atom. The first kappa shape index (κ1) is 31.2. The van der Waals surface area contributed by atoms with Gasteiger partial charge in [-0.2, -0.15) is 0 Å². The lowest BCUT2D eigenvalue weighted by molar-refractivity contribution is 0.670. The second-order valence-corrected chi connectivity index (χ2v) is 14.1. The summed E-state index contributed by atoms with van der Waals surface area (Å²) >= 11 is 0. The number of aromatic nitrogens is 1. The molecule has 4 nitrogen and oxygen atoms in total. The Bertz CT molecular complexity index is 2860. The average Bonchev–Trinajstić information content (AvgIpc) is 3.76. The van der Waals surface area contributed by atoms with Gasteiger partial charge < -0.3 is 4.42 Å². The van der Waals surface area contributed by atoms with Crippen molar-refractivity contribution < 1.29 is 4.42 Å². The molecule has 1 atom stereocenters. The van der Waals surface area contributed by atoms with Gasteiger partial charge in [0.2, 0.25) is 0 Å². The maximum absolute atomic E-state index is 6.53. The Labute approximate surface area is 308 Å². The van der Waals surface area contributed by atoms with Crippen LogP contribution in [0.15, 0.2) is 184 Å². The lowest BCUT2D eigenvalue weighted by Gasteiger charge is -2.19. The van der Waals surface area contributed by atoms with E-state index in [2.05, 4.69) is 157 Å². The molecule has 10 rings (SSSR count). The van der Waals surface area contributed by atoms with Crippen LogP contribution in [0.25, 0.3) is 60.6 Å². The van der Waals surface area contributed by atoms with E-state index in [-0.39, 0.29) is 0 Å². The molecule has 53 heavy (non-hydrogen) atoms. The first-order valence-electron chi connectivity index (χ1n) is 18.5. The molecular formula is C49H37N3O. The standard InChI is InChI=1S/C49H37N3O/c1-32-24-29-46(50-49(35-18-9-4-10-19-35)51-47(32)34-16-7-3-8-17-34)52-43-30-36(33-14-5-2-6-15-33)25-27-39(43)40-28-26-37(31-44(40)52)38-21-13-22-42-41-20-11-12-23-45(41)53-48(38)42/h2-14,16-23,25-28,30-31,33H,15,24,29H2,1H3. The van der Waals surface area contributed by atoms with E-state index >= 15 is 0 Å². The van der Waals surface area contributed by atoms with Crippen molar-refractivity contribution in [2.24, 2.45) is 9.98 Å². The molecular weight excluding hydrogens is 647 g/mol. The zero-order valence-electron chi connectivity index (χ0n) is 29.5. The fraction of sp³-hybridized carbons (Fsp3) is 0.102. The third-order valence-corrected chi connectivity index (χ3v) is 10.8. The number of rotatable bonds is 4. The molecule has 0 spiro atoms. The number of furan rings is 1. The lowest BCUT2D eigenvalue weighted by Crippen LogP contribution is -2.17. The predicted molar refractivity (Wildman–Crippen MR) is 222 cm³/mol. The molecule has 0 fully saturated rings. The molecule has 8 aromatic rings. The van der Waals surface area contributed by atoms with Gasteiger partial charge in [-0.05, 0) is 54.7 Å². The molecule has 0 amide bonds. The van der Waals surface area contributed by atoms with Gasteiger partial charge in [-0.25, -0.2) is 9.98 Å². The molecule has 1 aliphatic carbocycles. The fourth-order valence-corrected chi connectivity index (χ4v) is 8.12. The summed E-state index contributed by atoms with van der Waals surface area (Å²) in [4.78, 5) is 10.9. The summed E-state index contributed by atoms with van der Waals surface area (Å²) in [6, 6.07) is 49.5. The normalized spacial score (nSPS) is 16.4. The van der Waals surface area contributed by atoms with E-state index in [1.165, 1.54) is 21.9 Å². The van der Waals surface area contributed by atoms with Gasteiger partial charge in [-0.3, -0.25) is 4.57 Å². The van der Waals surface area contributed by atoms with E-state index in [4.69, 9.17) is 14.4 Å². The monoisotopic (exact) mass is 683 g/mol. The molecule has 0 saturated heterocycles.